The largest absolute Gasteiger partial charge is 0.504 e. The van der Waals surface area contributed by atoms with Crippen LogP contribution in [0.5, 0.6) is 11.5 Å². The molecule has 19 heavy (non-hydrogen) atoms. The van der Waals surface area contributed by atoms with Gasteiger partial charge >= 0.3 is 0 Å². The minimum atomic E-state index is -0.714. The molecular formula is C13H18N2O4. The summed E-state index contributed by atoms with van der Waals surface area (Å²) in [6.07, 6.45) is 0.395. The third-order valence-electron chi connectivity index (χ3n) is 3.29. The minimum absolute atomic E-state index is 0.202. The number of phenolic OH excluding ortho intramolecular Hbond substituents is 2. The third-order valence-corrected chi connectivity index (χ3v) is 3.29. The lowest BCUT2D eigenvalue weighted by Crippen LogP contribution is -2.44. The summed E-state index contributed by atoms with van der Waals surface area (Å²) in [5.74, 6) is -0.635. The van der Waals surface area contributed by atoms with E-state index in [1.54, 1.807) is 11.0 Å². The molecule has 6 nitrogen and oxygen atoms in total. The first-order chi connectivity index (χ1) is 8.97. The fourth-order valence-electron chi connectivity index (χ4n) is 2.21. The number of aliphatic hydroxyl groups excluding tert-OH is 1. The van der Waals surface area contributed by atoms with Gasteiger partial charge in [0.2, 0.25) is 5.91 Å². The number of rotatable bonds is 3. The van der Waals surface area contributed by atoms with Crippen LogP contribution in [-0.2, 0) is 11.2 Å². The highest BCUT2D eigenvalue weighted by molar-refractivity contribution is 5.82. The summed E-state index contributed by atoms with van der Waals surface area (Å²) in [6, 6.07) is 3.65. The summed E-state index contributed by atoms with van der Waals surface area (Å²) in [7, 11) is 0. The van der Waals surface area contributed by atoms with Gasteiger partial charge < -0.3 is 26.0 Å². The quantitative estimate of drug-likeness (QED) is 0.555. The van der Waals surface area contributed by atoms with Crippen molar-refractivity contribution in [2.75, 3.05) is 13.1 Å². The van der Waals surface area contributed by atoms with Crippen LogP contribution in [0, 0.1) is 0 Å². The molecule has 0 saturated carbocycles. The van der Waals surface area contributed by atoms with Crippen molar-refractivity contribution < 1.29 is 20.1 Å². The van der Waals surface area contributed by atoms with Crippen LogP contribution in [0.25, 0.3) is 0 Å². The number of nitrogens with two attached hydrogens (primary N) is 1. The fraction of sp³-hybridized carbons (Fsp3) is 0.462. The van der Waals surface area contributed by atoms with E-state index in [4.69, 9.17) is 5.73 Å². The maximum atomic E-state index is 12.0. The Bertz CT molecular complexity index is 478. The highest BCUT2D eigenvalue weighted by Crippen LogP contribution is 2.25. The summed E-state index contributed by atoms with van der Waals surface area (Å²) in [4.78, 5) is 13.6. The number of benzene rings is 1. The Balaban J connectivity index is 1.98. The zero-order valence-corrected chi connectivity index (χ0v) is 10.5. The molecule has 1 heterocycles. The Kier molecular flexibility index (Phi) is 3.92. The molecule has 1 aromatic rings. The fourth-order valence-corrected chi connectivity index (χ4v) is 2.21. The molecule has 2 atom stereocenters. The molecule has 0 radical (unpaired) electrons. The Hall–Kier alpha value is -1.79. The van der Waals surface area contributed by atoms with E-state index >= 15 is 0 Å². The highest BCUT2D eigenvalue weighted by Gasteiger charge is 2.28. The molecule has 1 aliphatic heterocycles. The number of nitrogens with zero attached hydrogens (tertiary/aromatic N) is 1. The van der Waals surface area contributed by atoms with Gasteiger partial charge in [0, 0.05) is 13.1 Å². The normalized spacial score (nSPS) is 20.5. The number of aliphatic hydroxyl groups is 1. The molecule has 5 N–H and O–H groups in total. The molecule has 1 aliphatic rings. The van der Waals surface area contributed by atoms with E-state index in [2.05, 4.69) is 0 Å². The van der Waals surface area contributed by atoms with Crippen molar-refractivity contribution in [1.82, 2.24) is 4.90 Å². The molecular weight excluding hydrogens is 248 g/mol. The molecule has 6 heteroatoms. The summed E-state index contributed by atoms with van der Waals surface area (Å²) >= 11 is 0. The van der Waals surface area contributed by atoms with Crippen molar-refractivity contribution in [2.45, 2.75) is 25.0 Å². The molecule has 104 valence electrons. The van der Waals surface area contributed by atoms with Gasteiger partial charge in [-0.1, -0.05) is 6.07 Å². The number of carbonyl (C=O) groups is 1. The maximum Gasteiger partial charge on any atom is 0.239 e. The van der Waals surface area contributed by atoms with Gasteiger partial charge in [-0.05, 0) is 30.5 Å². The summed E-state index contributed by atoms with van der Waals surface area (Å²) in [6.45, 7) is 0.849. The van der Waals surface area contributed by atoms with Crippen LogP contribution in [0.4, 0.5) is 0 Å². The molecule has 1 aromatic carbocycles. The van der Waals surface area contributed by atoms with Crippen LogP contribution in [0.1, 0.15) is 12.0 Å². The van der Waals surface area contributed by atoms with Crippen molar-refractivity contribution >= 4 is 5.91 Å². The van der Waals surface area contributed by atoms with E-state index in [9.17, 15) is 20.1 Å². The number of phenols is 2. The number of likely N-dealkylation sites (tertiary alicyclic amines) is 1. The molecule has 1 amide bonds. The molecule has 0 unspecified atom stereocenters. The van der Waals surface area contributed by atoms with Crippen molar-refractivity contribution in [3.63, 3.8) is 0 Å². The predicted molar refractivity (Wildman–Crippen MR) is 68.7 cm³/mol. The number of amides is 1. The van der Waals surface area contributed by atoms with Crippen LogP contribution in [-0.4, -0.2) is 51.4 Å². The molecule has 2 rings (SSSR count). The Morgan fingerprint density at radius 3 is 2.74 bits per heavy atom. The topological polar surface area (TPSA) is 107 Å². The van der Waals surface area contributed by atoms with Gasteiger partial charge in [0.15, 0.2) is 11.5 Å². The van der Waals surface area contributed by atoms with E-state index in [-0.39, 0.29) is 23.8 Å². The van der Waals surface area contributed by atoms with E-state index in [0.29, 0.717) is 25.1 Å². The van der Waals surface area contributed by atoms with Crippen molar-refractivity contribution in [2.24, 2.45) is 5.73 Å². The van der Waals surface area contributed by atoms with Gasteiger partial charge in [-0.15, -0.1) is 0 Å². The second kappa shape index (κ2) is 5.46. The van der Waals surface area contributed by atoms with Gasteiger partial charge in [-0.2, -0.15) is 0 Å². The number of hydrogen-bond donors (Lipinski definition) is 4. The second-order valence-electron chi connectivity index (χ2n) is 4.86. The lowest BCUT2D eigenvalue weighted by atomic mass is 10.0. The van der Waals surface area contributed by atoms with Gasteiger partial charge in [-0.25, -0.2) is 0 Å². The molecule has 1 fully saturated rings. The van der Waals surface area contributed by atoms with Crippen LogP contribution in [0.15, 0.2) is 18.2 Å². The Labute approximate surface area is 111 Å². The summed E-state index contributed by atoms with van der Waals surface area (Å²) in [5.41, 5.74) is 6.52. The lowest BCUT2D eigenvalue weighted by molar-refractivity contribution is -0.131. The molecule has 0 aliphatic carbocycles. The maximum absolute atomic E-state index is 12.0. The molecule has 0 aromatic heterocycles. The zero-order chi connectivity index (χ0) is 14.0. The van der Waals surface area contributed by atoms with Gasteiger partial charge in [0.1, 0.15) is 0 Å². The van der Waals surface area contributed by atoms with Crippen LogP contribution in [0.2, 0.25) is 0 Å². The summed E-state index contributed by atoms with van der Waals surface area (Å²) in [5, 5.41) is 28.0. The van der Waals surface area contributed by atoms with E-state index < -0.39 is 12.1 Å². The van der Waals surface area contributed by atoms with Crippen LogP contribution >= 0.6 is 0 Å². The average molecular weight is 266 g/mol. The minimum Gasteiger partial charge on any atom is -0.504 e. The SMILES string of the molecule is N[C@@H](Cc1ccc(O)c(O)c1)C(=O)N1CC[C@H](O)C1. The number of hydrogen-bond acceptors (Lipinski definition) is 5. The van der Waals surface area contributed by atoms with Crippen molar-refractivity contribution in [3.05, 3.63) is 23.8 Å². The molecule has 1 saturated heterocycles. The number of aromatic hydroxyl groups is 2. The van der Waals surface area contributed by atoms with Gasteiger partial charge in [-0.3, -0.25) is 4.79 Å². The van der Waals surface area contributed by atoms with Crippen molar-refractivity contribution in [3.8, 4) is 11.5 Å². The standard InChI is InChI=1S/C13H18N2O4/c14-10(13(19)15-4-3-9(16)7-15)5-8-1-2-11(17)12(18)6-8/h1-2,6,9-10,16-18H,3-5,7,14H2/t9-,10-/m0/s1. The van der Waals surface area contributed by atoms with Gasteiger partial charge in [0.25, 0.3) is 0 Å². The summed E-state index contributed by atoms with van der Waals surface area (Å²) < 4.78 is 0. The monoisotopic (exact) mass is 266 g/mol. The van der Waals surface area contributed by atoms with E-state index in [1.165, 1.54) is 12.1 Å². The Morgan fingerprint density at radius 1 is 1.42 bits per heavy atom. The first kappa shape index (κ1) is 13.6. The zero-order valence-electron chi connectivity index (χ0n) is 10.5. The van der Waals surface area contributed by atoms with Crippen LogP contribution in [0.3, 0.4) is 0 Å². The second-order valence-corrected chi connectivity index (χ2v) is 4.86. The van der Waals surface area contributed by atoms with Crippen molar-refractivity contribution in [1.29, 1.82) is 0 Å². The van der Waals surface area contributed by atoms with E-state index in [0.717, 1.165) is 0 Å². The first-order valence-corrected chi connectivity index (χ1v) is 6.20. The highest BCUT2D eigenvalue weighted by atomic mass is 16.3. The van der Waals surface area contributed by atoms with E-state index in [1.807, 2.05) is 0 Å². The number of β-amino-alcohol motifs (C(OH)–C–C–N with tert-alkyl or cyclic N) is 1. The molecule has 0 spiro atoms. The lowest BCUT2D eigenvalue weighted by Gasteiger charge is -2.20. The molecule has 0 bridgehead atoms. The van der Waals surface area contributed by atoms with Gasteiger partial charge in [0.05, 0.1) is 12.1 Å². The van der Waals surface area contributed by atoms with Crippen LogP contribution < -0.4 is 5.73 Å². The number of carbonyl (C=O) groups excluding carboxylic acids is 1. The predicted octanol–water partition coefficient (Wildman–Crippen LogP) is -0.439. The third kappa shape index (κ3) is 3.15. The smallest absolute Gasteiger partial charge is 0.239 e. The average Bonchev–Trinajstić information content (AvgIpc) is 2.79. The first-order valence-electron chi connectivity index (χ1n) is 6.20. The Morgan fingerprint density at radius 2 is 2.16 bits per heavy atom.